The van der Waals surface area contributed by atoms with Crippen LogP contribution < -0.4 is 10.2 Å². The van der Waals surface area contributed by atoms with E-state index in [1.54, 1.807) is 23.3 Å². The molecule has 5 nitrogen and oxygen atoms in total. The molecule has 1 saturated heterocycles. The lowest BCUT2D eigenvalue weighted by atomic mass is 10.1. The van der Waals surface area contributed by atoms with Gasteiger partial charge in [0.15, 0.2) is 0 Å². The first kappa shape index (κ1) is 17.6. The molecule has 2 amide bonds. The van der Waals surface area contributed by atoms with Crippen molar-refractivity contribution >= 4 is 28.8 Å². The Bertz CT molecular complexity index is 744. The number of nitrogens with zero attached hydrogens (tertiary/aromatic N) is 1. The fraction of sp³-hybridized carbons (Fsp3) is 0.368. The second-order valence-electron chi connectivity index (χ2n) is 6.16. The first-order valence-electron chi connectivity index (χ1n) is 8.30. The fourth-order valence-electron chi connectivity index (χ4n) is 3.00. The van der Waals surface area contributed by atoms with Gasteiger partial charge in [-0.25, -0.2) is 0 Å². The molecule has 0 saturated carbocycles. The number of anilines is 1. The van der Waals surface area contributed by atoms with E-state index in [4.69, 9.17) is 4.74 Å². The van der Waals surface area contributed by atoms with E-state index in [1.807, 2.05) is 49.4 Å². The van der Waals surface area contributed by atoms with Gasteiger partial charge >= 0.3 is 0 Å². The van der Waals surface area contributed by atoms with Crippen LogP contribution in [0.1, 0.15) is 22.3 Å². The van der Waals surface area contributed by atoms with Crippen molar-refractivity contribution in [2.75, 3.05) is 25.1 Å². The van der Waals surface area contributed by atoms with Crippen LogP contribution in [0.5, 0.6) is 0 Å². The van der Waals surface area contributed by atoms with E-state index in [2.05, 4.69) is 5.32 Å². The first-order valence-corrected chi connectivity index (χ1v) is 9.12. The molecule has 132 valence electrons. The maximum absolute atomic E-state index is 12.5. The molecule has 2 atom stereocenters. The maximum atomic E-state index is 12.5. The van der Waals surface area contributed by atoms with Crippen molar-refractivity contribution in [2.45, 2.75) is 19.4 Å². The molecule has 1 aromatic carbocycles. The molecule has 0 spiro atoms. The van der Waals surface area contributed by atoms with E-state index in [9.17, 15) is 9.59 Å². The lowest BCUT2D eigenvalue weighted by molar-refractivity contribution is -0.126. The summed E-state index contributed by atoms with van der Waals surface area (Å²) in [6, 6.07) is 13.5. The molecule has 0 aliphatic carbocycles. The van der Waals surface area contributed by atoms with Crippen LogP contribution in [0, 0.1) is 12.8 Å². The molecule has 1 aliphatic heterocycles. The van der Waals surface area contributed by atoms with E-state index < -0.39 is 0 Å². The molecule has 3 rings (SSSR count). The molecule has 1 aliphatic rings. The van der Waals surface area contributed by atoms with E-state index >= 15 is 0 Å². The zero-order valence-corrected chi connectivity index (χ0v) is 15.2. The first-order chi connectivity index (χ1) is 12.1. The number of amides is 2. The lowest BCUT2D eigenvalue weighted by Crippen LogP contribution is -2.35. The number of carbonyl (C=O) groups excluding carboxylic acids is 2. The molecule has 0 radical (unpaired) electrons. The summed E-state index contributed by atoms with van der Waals surface area (Å²) in [6.45, 7) is 2.87. The largest absolute Gasteiger partial charge is 0.374 e. The van der Waals surface area contributed by atoms with Crippen molar-refractivity contribution < 1.29 is 14.3 Å². The van der Waals surface area contributed by atoms with Gasteiger partial charge in [-0.2, -0.15) is 0 Å². The highest BCUT2D eigenvalue weighted by atomic mass is 32.1. The van der Waals surface area contributed by atoms with Crippen LogP contribution >= 0.6 is 11.3 Å². The molecule has 6 heteroatoms. The van der Waals surface area contributed by atoms with Gasteiger partial charge < -0.3 is 15.0 Å². The van der Waals surface area contributed by atoms with Crippen LogP contribution in [0.15, 0.2) is 42.5 Å². The number of carbonyl (C=O) groups is 2. The second kappa shape index (κ2) is 7.80. The third kappa shape index (κ3) is 4.08. The van der Waals surface area contributed by atoms with Crippen molar-refractivity contribution in [1.29, 1.82) is 0 Å². The molecule has 2 aromatic rings. The highest BCUT2D eigenvalue weighted by Crippen LogP contribution is 2.26. The van der Waals surface area contributed by atoms with Crippen molar-refractivity contribution in [2.24, 2.45) is 5.92 Å². The number of rotatable bonds is 6. The van der Waals surface area contributed by atoms with Gasteiger partial charge in [-0.15, -0.1) is 11.3 Å². The van der Waals surface area contributed by atoms with Crippen LogP contribution in [-0.2, 0) is 14.3 Å². The molecule has 1 N–H and O–H groups in total. The SMILES string of the molecule is CO[C@@H](CNC(=O)[C@@H]1CC(=O)N(c2ccccc2)C1)c1ccc(C)s1. The predicted octanol–water partition coefficient (Wildman–Crippen LogP) is 2.91. The number of benzene rings is 1. The van der Waals surface area contributed by atoms with Crippen molar-refractivity contribution in [1.82, 2.24) is 5.32 Å². The van der Waals surface area contributed by atoms with Gasteiger partial charge in [0.25, 0.3) is 0 Å². The molecule has 1 aromatic heterocycles. The van der Waals surface area contributed by atoms with Crippen molar-refractivity contribution in [3.63, 3.8) is 0 Å². The van der Waals surface area contributed by atoms with Gasteiger partial charge in [-0.05, 0) is 31.2 Å². The fourth-order valence-corrected chi connectivity index (χ4v) is 3.96. The zero-order chi connectivity index (χ0) is 17.8. The van der Waals surface area contributed by atoms with Gasteiger partial charge in [0.05, 0.1) is 5.92 Å². The molecule has 25 heavy (non-hydrogen) atoms. The number of methoxy groups -OCH3 is 1. The summed E-state index contributed by atoms with van der Waals surface area (Å²) in [5.74, 6) is -0.430. The Morgan fingerprint density at radius 2 is 2.08 bits per heavy atom. The van der Waals surface area contributed by atoms with Crippen LogP contribution in [0.3, 0.4) is 0 Å². The van der Waals surface area contributed by atoms with Crippen LogP contribution in [0.4, 0.5) is 5.69 Å². The second-order valence-corrected chi connectivity index (χ2v) is 7.48. The van der Waals surface area contributed by atoms with Gasteiger partial charge in [-0.1, -0.05) is 18.2 Å². The summed E-state index contributed by atoms with van der Waals surface area (Å²) >= 11 is 1.66. The predicted molar refractivity (Wildman–Crippen MR) is 98.7 cm³/mol. The average Bonchev–Trinajstić information content (AvgIpc) is 3.22. The molecule has 0 unspecified atom stereocenters. The Kier molecular flexibility index (Phi) is 5.50. The van der Waals surface area contributed by atoms with Crippen molar-refractivity contribution in [3.05, 3.63) is 52.2 Å². The quantitative estimate of drug-likeness (QED) is 0.864. The normalized spacial score (nSPS) is 18.4. The highest BCUT2D eigenvalue weighted by molar-refractivity contribution is 7.12. The molecule has 2 heterocycles. The monoisotopic (exact) mass is 358 g/mol. The maximum Gasteiger partial charge on any atom is 0.227 e. The van der Waals surface area contributed by atoms with Gasteiger partial charge in [0, 0.05) is 42.1 Å². The summed E-state index contributed by atoms with van der Waals surface area (Å²) in [6.07, 6.45) is 0.0845. The number of aryl methyl sites for hydroxylation is 1. The topological polar surface area (TPSA) is 58.6 Å². The minimum atomic E-state index is -0.324. The van der Waals surface area contributed by atoms with E-state index in [0.29, 0.717) is 13.1 Å². The van der Waals surface area contributed by atoms with Gasteiger partial charge in [-0.3, -0.25) is 9.59 Å². The number of thiophene rings is 1. The third-order valence-corrected chi connectivity index (χ3v) is 5.48. The minimum absolute atomic E-state index is 0.0106. The van der Waals surface area contributed by atoms with E-state index in [-0.39, 0.29) is 30.3 Å². The van der Waals surface area contributed by atoms with Gasteiger partial charge in [0.1, 0.15) is 6.10 Å². The number of ether oxygens (including phenoxy) is 1. The number of hydrogen-bond acceptors (Lipinski definition) is 4. The van der Waals surface area contributed by atoms with E-state index in [0.717, 1.165) is 10.6 Å². The van der Waals surface area contributed by atoms with Crippen LogP contribution in [-0.4, -0.2) is 32.0 Å². The molecule has 1 fully saturated rings. The lowest BCUT2D eigenvalue weighted by Gasteiger charge is -2.18. The standard InChI is InChI=1S/C19H22N2O3S/c1-13-8-9-17(25-13)16(24-2)11-20-19(23)14-10-18(22)21(12-14)15-6-4-3-5-7-15/h3-9,14,16H,10-12H2,1-2H3,(H,20,23)/t14-,16+/m1/s1. The number of nitrogens with one attached hydrogen (secondary N) is 1. The minimum Gasteiger partial charge on any atom is -0.374 e. The summed E-state index contributed by atoms with van der Waals surface area (Å²) in [4.78, 5) is 28.7. The summed E-state index contributed by atoms with van der Waals surface area (Å²) < 4.78 is 5.49. The number of para-hydroxylation sites is 1. The Balaban J connectivity index is 1.57. The van der Waals surface area contributed by atoms with Crippen molar-refractivity contribution in [3.8, 4) is 0 Å². The Hall–Kier alpha value is -2.18. The van der Waals surface area contributed by atoms with Gasteiger partial charge in [0.2, 0.25) is 11.8 Å². The van der Waals surface area contributed by atoms with E-state index in [1.165, 1.54) is 4.88 Å². The summed E-state index contributed by atoms with van der Waals surface area (Å²) in [5.41, 5.74) is 0.839. The Morgan fingerprint density at radius 1 is 1.32 bits per heavy atom. The zero-order valence-electron chi connectivity index (χ0n) is 14.4. The smallest absolute Gasteiger partial charge is 0.227 e. The highest BCUT2D eigenvalue weighted by Gasteiger charge is 2.35. The number of hydrogen-bond donors (Lipinski definition) is 1. The molecular weight excluding hydrogens is 336 g/mol. The Labute approximate surface area is 151 Å². The Morgan fingerprint density at radius 3 is 2.72 bits per heavy atom. The summed E-state index contributed by atoms with van der Waals surface area (Å²) in [7, 11) is 1.64. The molecule has 0 bridgehead atoms. The molecular formula is C19H22N2O3S. The van der Waals surface area contributed by atoms with Crippen LogP contribution in [0.2, 0.25) is 0 Å². The summed E-state index contributed by atoms with van der Waals surface area (Å²) in [5, 5.41) is 2.94. The van der Waals surface area contributed by atoms with Crippen LogP contribution in [0.25, 0.3) is 0 Å². The average molecular weight is 358 g/mol. The third-order valence-electron chi connectivity index (χ3n) is 4.39.